The lowest BCUT2D eigenvalue weighted by atomic mass is 10.3. The lowest BCUT2D eigenvalue weighted by Crippen LogP contribution is -2.27. The molecule has 0 atom stereocenters. The van der Waals surface area contributed by atoms with Crippen molar-refractivity contribution in [3.8, 4) is 5.75 Å². The molecule has 0 heterocycles. The number of nitro benzene ring substituents is 1. The summed E-state index contributed by atoms with van der Waals surface area (Å²) in [6.45, 7) is 5.95. The second-order valence-corrected chi connectivity index (χ2v) is 8.42. The maximum absolute atomic E-state index is 10.4. The Balaban J connectivity index is 2.61. The summed E-state index contributed by atoms with van der Waals surface area (Å²) in [5, 5.41) is 10.4. The van der Waals surface area contributed by atoms with Gasteiger partial charge in [-0.15, -0.1) is 0 Å². The molecular formula is C9H13NO4Si. The third-order valence-corrected chi connectivity index (χ3v) is 2.02. The van der Waals surface area contributed by atoms with Crippen LogP contribution in [0.25, 0.3) is 0 Å². The van der Waals surface area contributed by atoms with Crippen molar-refractivity contribution >= 4 is 14.0 Å². The van der Waals surface area contributed by atoms with Gasteiger partial charge in [-0.3, -0.25) is 10.1 Å². The van der Waals surface area contributed by atoms with Gasteiger partial charge in [0.25, 0.3) is 5.69 Å². The minimum absolute atomic E-state index is 0.0374. The summed E-state index contributed by atoms with van der Waals surface area (Å²) in [5.41, 5.74) is 0.0374. The van der Waals surface area contributed by atoms with Gasteiger partial charge in [0.1, 0.15) is 0 Å². The number of non-ortho nitro benzene ring substituents is 1. The quantitative estimate of drug-likeness (QED) is 0.343. The van der Waals surface area contributed by atoms with Gasteiger partial charge in [0.05, 0.1) is 4.92 Å². The van der Waals surface area contributed by atoms with Crippen LogP contribution in [0.4, 0.5) is 5.69 Å². The van der Waals surface area contributed by atoms with Crippen LogP contribution in [0.5, 0.6) is 5.75 Å². The van der Waals surface area contributed by atoms with Crippen molar-refractivity contribution < 1.29 is 14.4 Å². The molecule has 5 nitrogen and oxygen atoms in total. The summed E-state index contributed by atoms with van der Waals surface area (Å²) in [6, 6.07) is 5.78. The summed E-state index contributed by atoms with van der Waals surface area (Å²) in [5.74, 6) is 0.475. The van der Waals surface area contributed by atoms with Gasteiger partial charge in [-0.2, -0.15) is 0 Å². The Kier molecular flexibility index (Phi) is 3.43. The average Bonchev–Trinajstić information content (AvgIpc) is 2.14. The van der Waals surface area contributed by atoms with E-state index in [0.29, 0.717) is 5.75 Å². The molecule has 0 saturated heterocycles. The minimum atomic E-state index is -1.73. The van der Waals surface area contributed by atoms with E-state index < -0.39 is 13.2 Å². The lowest BCUT2D eigenvalue weighted by molar-refractivity contribution is -0.384. The zero-order valence-electron chi connectivity index (χ0n) is 8.89. The summed E-state index contributed by atoms with van der Waals surface area (Å²) in [6.07, 6.45) is 0. The standard InChI is InChI=1S/C9H13NO4Si/c1-15(2,3)14-13-9-6-4-8(5-7-9)10(11)12/h4-7H,1-3H3. The molecule has 1 aromatic carbocycles. The highest BCUT2D eigenvalue weighted by molar-refractivity contribution is 6.69. The van der Waals surface area contributed by atoms with Crippen molar-refractivity contribution in [2.24, 2.45) is 0 Å². The zero-order valence-corrected chi connectivity index (χ0v) is 9.89. The maximum Gasteiger partial charge on any atom is 0.269 e. The second-order valence-electron chi connectivity index (χ2n) is 4.03. The summed E-state index contributed by atoms with van der Waals surface area (Å²) >= 11 is 0. The molecular weight excluding hydrogens is 214 g/mol. The molecule has 0 fully saturated rings. The van der Waals surface area contributed by atoms with Crippen LogP contribution in [0.2, 0.25) is 19.6 Å². The molecule has 0 aliphatic carbocycles. The molecule has 82 valence electrons. The van der Waals surface area contributed by atoms with E-state index in [1.165, 1.54) is 24.3 Å². The molecule has 0 amide bonds. The van der Waals surface area contributed by atoms with Gasteiger partial charge in [0.2, 0.25) is 8.32 Å². The van der Waals surface area contributed by atoms with Crippen LogP contribution in [-0.4, -0.2) is 13.2 Å². The topological polar surface area (TPSA) is 61.6 Å². The number of rotatable bonds is 4. The number of benzene rings is 1. The van der Waals surface area contributed by atoms with Crippen LogP contribution in [0.1, 0.15) is 0 Å². The van der Waals surface area contributed by atoms with Crippen molar-refractivity contribution in [3.63, 3.8) is 0 Å². The predicted molar refractivity (Wildman–Crippen MR) is 58.2 cm³/mol. The monoisotopic (exact) mass is 227 g/mol. The molecule has 0 aliphatic heterocycles. The van der Waals surface area contributed by atoms with Gasteiger partial charge >= 0.3 is 0 Å². The Labute approximate surface area is 88.8 Å². The molecule has 0 unspecified atom stereocenters. The van der Waals surface area contributed by atoms with E-state index in [1.54, 1.807) is 0 Å². The van der Waals surface area contributed by atoms with E-state index in [1.807, 2.05) is 19.6 Å². The lowest BCUT2D eigenvalue weighted by Gasteiger charge is -2.15. The molecule has 0 aliphatic rings. The SMILES string of the molecule is C[Si](C)(C)OOc1ccc([N+](=O)[O-])cc1. The average molecular weight is 227 g/mol. The molecule has 0 spiro atoms. The second kappa shape index (κ2) is 4.41. The molecule has 1 aromatic rings. The van der Waals surface area contributed by atoms with Gasteiger partial charge in [0, 0.05) is 12.1 Å². The van der Waals surface area contributed by atoms with Crippen LogP contribution in [0.15, 0.2) is 24.3 Å². The molecule has 0 saturated carbocycles. The molecule has 15 heavy (non-hydrogen) atoms. The Morgan fingerprint density at radius 1 is 1.20 bits per heavy atom. The van der Waals surface area contributed by atoms with Gasteiger partial charge in [-0.25, -0.2) is 4.58 Å². The number of hydrogen-bond donors (Lipinski definition) is 0. The molecule has 0 aromatic heterocycles. The zero-order chi connectivity index (χ0) is 11.5. The Morgan fingerprint density at radius 2 is 1.73 bits per heavy atom. The van der Waals surface area contributed by atoms with Crippen LogP contribution >= 0.6 is 0 Å². The van der Waals surface area contributed by atoms with E-state index in [9.17, 15) is 10.1 Å². The highest BCUT2D eigenvalue weighted by Gasteiger charge is 2.17. The van der Waals surface area contributed by atoms with Gasteiger partial charge < -0.3 is 4.89 Å². The van der Waals surface area contributed by atoms with Gasteiger partial charge in [-0.1, -0.05) is 0 Å². The Hall–Kier alpha value is -1.40. The van der Waals surface area contributed by atoms with E-state index >= 15 is 0 Å². The highest BCUT2D eigenvalue weighted by Crippen LogP contribution is 2.18. The normalized spacial score (nSPS) is 11.1. The molecule has 0 N–H and O–H groups in total. The summed E-state index contributed by atoms with van der Waals surface area (Å²) in [7, 11) is -1.73. The highest BCUT2D eigenvalue weighted by atomic mass is 28.4. The third-order valence-electron chi connectivity index (χ3n) is 1.44. The molecule has 1 rings (SSSR count). The molecule has 6 heteroatoms. The Bertz CT molecular complexity index is 344. The minimum Gasteiger partial charge on any atom is -0.349 e. The number of nitro groups is 1. The van der Waals surface area contributed by atoms with Crippen molar-refractivity contribution in [3.05, 3.63) is 34.4 Å². The first kappa shape index (κ1) is 11.7. The largest absolute Gasteiger partial charge is 0.349 e. The summed E-state index contributed by atoms with van der Waals surface area (Å²) < 4.78 is 5.18. The summed E-state index contributed by atoms with van der Waals surface area (Å²) in [4.78, 5) is 15.0. The van der Waals surface area contributed by atoms with Crippen molar-refractivity contribution in [1.29, 1.82) is 0 Å². The van der Waals surface area contributed by atoms with Crippen LogP contribution < -0.4 is 4.89 Å². The number of nitrogens with zero attached hydrogens (tertiary/aromatic N) is 1. The van der Waals surface area contributed by atoms with Crippen LogP contribution in [-0.2, 0) is 4.58 Å². The molecule has 0 radical (unpaired) electrons. The van der Waals surface area contributed by atoms with Gasteiger partial charge in [-0.05, 0) is 31.8 Å². The van der Waals surface area contributed by atoms with E-state index in [-0.39, 0.29) is 5.69 Å². The number of hydrogen-bond acceptors (Lipinski definition) is 4. The molecule has 0 bridgehead atoms. The predicted octanol–water partition coefficient (Wildman–Crippen LogP) is 2.74. The smallest absolute Gasteiger partial charge is 0.269 e. The Morgan fingerprint density at radius 3 is 2.13 bits per heavy atom. The van der Waals surface area contributed by atoms with E-state index in [4.69, 9.17) is 9.46 Å². The van der Waals surface area contributed by atoms with Crippen LogP contribution in [0.3, 0.4) is 0 Å². The van der Waals surface area contributed by atoms with E-state index in [0.717, 1.165) is 0 Å². The van der Waals surface area contributed by atoms with Crippen molar-refractivity contribution in [2.75, 3.05) is 0 Å². The first-order valence-corrected chi connectivity index (χ1v) is 7.89. The first-order chi connectivity index (χ1) is 6.88. The maximum atomic E-state index is 10.4. The van der Waals surface area contributed by atoms with Crippen molar-refractivity contribution in [2.45, 2.75) is 19.6 Å². The van der Waals surface area contributed by atoms with E-state index in [2.05, 4.69) is 0 Å². The first-order valence-electron chi connectivity index (χ1n) is 4.49. The fraction of sp³-hybridized carbons (Fsp3) is 0.333. The fourth-order valence-electron chi connectivity index (χ4n) is 0.797. The third kappa shape index (κ3) is 4.09. The van der Waals surface area contributed by atoms with Crippen LogP contribution in [0, 0.1) is 10.1 Å². The van der Waals surface area contributed by atoms with Crippen molar-refractivity contribution in [1.82, 2.24) is 0 Å². The fourth-order valence-corrected chi connectivity index (χ4v) is 1.14. The van der Waals surface area contributed by atoms with Gasteiger partial charge in [0.15, 0.2) is 5.75 Å².